The highest BCUT2D eigenvalue weighted by atomic mass is 19.3. The van der Waals surface area contributed by atoms with E-state index in [4.69, 9.17) is 0 Å². The molecule has 0 saturated carbocycles. The third-order valence-electron chi connectivity index (χ3n) is 7.09. The molecule has 0 spiro atoms. The van der Waals surface area contributed by atoms with Crippen molar-refractivity contribution < 1.29 is 8.78 Å². The van der Waals surface area contributed by atoms with E-state index in [-0.39, 0.29) is 20.4 Å². The zero-order valence-electron chi connectivity index (χ0n) is 23.4. The first-order valence-corrected chi connectivity index (χ1v) is 13.5. The molecule has 1 aliphatic heterocycles. The number of nitrogens with zero attached hydrogens (tertiary/aromatic N) is 2. The minimum atomic E-state index is -2.60. The highest BCUT2D eigenvalue weighted by Gasteiger charge is 2.37. The first kappa shape index (κ1) is 31.4. The molecule has 0 bridgehead atoms. The van der Waals surface area contributed by atoms with E-state index < -0.39 is 5.92 Å². The zero-order valence-corrected chi connectivity index (χ0v) is 23.4. The van der Waals surface area contributed by atoms with Crippen molar-refractivity contribution >= 4 is 5.57 Å². The van der Waals surface area contributed by atoms with E-state index in [1.54, 1.807) is 17.3 Å². The van der Waals surface area contributed by atoms with Crippen LogP contribution in [0, 0.1) is 6.92 Å². The highest BCUT2D eigenvalue weighted by Crippen LogP contribution is 2.31. The quantitative estimate of drug-likeness (QED) is 0.240. The summed E-state index contributed by atoms with van der Waals surface area (Å²) in [7, 11) is 0. The van der Waals surface area contributed by atoms with Gasteiger partial charge in [-0.2, -0.15) is 0 Å². The van der Waals surface area contributed by atoms with Crippen LogP contribution in [0.1, 0.15) is 43.0 Å². The predicted octanol–water partition coefficient (Wildman–Crippen LogP) is 8.91. The minimum Gasteiger partial charge on any atom is -0.356 e. The molecule has 1 N–H and O–H groups in total. The fourth-order valence-corrected chi connectivity index (χ4v) is 4.81. The number of allylic oxidation sites excluding steroid dienone is 5. The van der Waals surface area contributed by atoms with Crippen molar-refractivity contribution in [2.45, 2.75) is 46.6 Å². The van der Waals surface area contributed by atoms with Crippen LogP contribution in [-0.4, -0.2) is 28.9 Å². The smallest absolute Gasteiger partial charge is 0.261 e. The fourth-order valence-electron chi connectivity index (χ4n) is 4.81. The average molecular weight is 554 g/mol. The van der Waals surface area contributed by atoms with Crippen LogP contribution in [-0.2, 0) is 13.0 Å². The van der Waals surface area contributed by atoms with Crippen molar-refractivity contribution in [3.63, 3.8) is 0 Å². The molecule has 214 valence electrons. The number of halogens is 2. The molecule has 1 fully saturated rings. The third-order valence-corrected chi connectivity index (χ3v) is 7.09. The van der Waals surface area contributed by atoms with Crippen LogP contribution in [0.5, 0.6) is 0 Å². The van der Waals surface area contributed by atoms with Gasteiger partial charge in [0.25, 0.3) is 5.92 Å². The Morgan fingerprint density at radius 3 is 2.44 bits per heavy atom. The van der Waals surface area contributed by atoms with E-state index >= 15 is 0 Å². The van der Waals surface area contributed by atoms with Gasteiger partial charge in [-0.1, -0.05) is 87.4 Å². The van der Waals surface area contributed by atoms with E-state index in [2.05, 4.69) is 54.3 Å². The second-order valence-corrected chi connectivity index (χ2v) is 10.4. The summed E-state index contributed by atoms with van der Waals surface area (Å²) in [5.74, 6) is -2.60. The largest absolute Gasteiger partial charge is 0.356 e. The number of aromatic nitrogens is 1. The first-order chi connectivity index (χ1) is 19.1. The predicted molar refractivity (Wildman–Crippen MR) is 169 cm³/mol. The summed E-state index contributed by atoms with van der Waals surface area (Å²) in [5.41, 5.74) is 9.52. The van der Waals surface area contributed by atoms with Gasteiger partial charge in [-0.15, -0.1) is 0 Å². The molecule has 2 heterocycles. The lowest BCUT2D eigenvalue weighted by atomic mass is 9.94. The monoisotopic (exact) mass is 553 g/mol. The van der Waals surface area contributed by atoms with Crippen molar-refractivity contribution in [2.24, 2.45) is 0 Å². The summed E-state index contributed by atoms with van der Waals surface area (Å²) in [6.45, 7) is 17.4. The zero-order chi connectivity index (χ0) is 28.7. The van der Waals surface area contributed by atoms with E-state index in [0.717, 1.165) is 51.1 Å². The summed E-state index contributed by atoms with van der Waals surface area (Å²) >= 11 is 0. The molecule has 0 unspecified atom stereocenters. The first-order valence-electron chi connectivity index (χ1n) is 13.5. The fraction of sp³-hybridized carbons (Fsp3) is 0.250. The number of pyridine rings is 1. The molecule has 1 aliphatic rings. The van der Waals surface area contributed by atoms with Crippen molar-refractivity contribution in [3.8, 4) is 11.1 Å². The van der Waals surface area contributed by atoms with Crippen LogP contribution in [0.25, 0.3) is 16.7 Å². The number of benzene rings is 2. The molecule has 1 aromatic heterocycles. The number of alkyl halides is 2. The molecule has 1 saturated heterocycles. The maximum Gasteiger partial charge on any atom is 0.261 e. The van der Waals surface area contributed by atoms with Gasteiger partial charge in [0.2, 0.25) is 0 Å². The van der Waals surface area contributed by atoms with E-state index in [0.29, 0.717) is 18.8 Å². The Kier molecular flexibility index (Phi) is 10.7. The molecular formula is C36H41F2N3. The Morgan fingerprint density at radius 1 is 1.00 bits per heavy atom. The average Bonchev–Trinajstić information content (AvgIpc) is 3.29. The normalized spacial score (nSPS) is 15.0. The van der Waals surface area contributed by atoms with E-state index in [1.807, 2.05) is 62.4 Å². The second kappa shape index (κ2) is 14.0. The Bertz CT molecular complexity index is 1450. The molecule has 0 amide bonds. The second-order valence-electron chi connectivity index (χ2n) is 10.4. The molecule has 2 aromatic carbocycles. The van der Waals surface area contributed by atoms with Crippen LogP contribution in [0.15, 0.2) is 122 Å². The minimum absolute atomic E-state index is 0. The summed E-state index contributed by atoms with van der Waals surface area (Å²) in [6.07, 6.45) is 10.3. The van der Waals surface area contributed by atoms with Gasteiger partial charge in [0.05, 0.1) is 6.54 Å². The maximum absolute atomic E-state index is 13.6. The maximum atomic E-state index is 13.6. The van der Waals surface area contributed by atoms with Crippen molar-refractivity contribution in [2.75, 3.05) is 13.1 Å². The molecule has 5 heteroatoms. The standard InChI is InChI=1S/C35H37F2N3.CH4/c1-6-33(15-12-25(2)18-29-10-8-7-9-11-29)39-28(5)27(4)34-20-31(14-13-26(34)3)32-19-30(21-38-22-32)23-40-17-16-35(36,37)24-40;/h6-15,19-22,39H,2,4-5,16-18,23-24H2,1,3H3;1H4/b15-12-,33-6+;. The van der Waals surface area contributed by atoms with E-state index in [9.17, 15) is 8.78 Å². The molecule has 41 heavy (non-hydrogen) atoms. The lowest BCUT2D eigenvalue weighted by molar-refractivity contribution is 0.0115. The molecule has 0 radical (unpaired) electrons. The van der Waals surface area contributed by atoms with Gasteiger partial charge in [0, 0.05) is 48.9 Å². The number of nitrogens with one attached hydrogen (secondary N) is 1. The number of aryl methyl sites for hydroxylation is 1. The Morgan fingerprint density at radius 2 is 1.76 bits per heavy atom. The van der Waals surface area contributed by atoms with Gasteiger partial charge in [-0.3, -0.25) is 9.88 Å². The van der Waals surface area contributed by atoms with Crippen molar-refractivity contribution in [1.29, 1.82) is 0 Å². The van der Waals surface area contributed by atoms with Crippen LogP contribution < -0.4 is 5.32 Å². The van der Waals surface area contributed by atoms with Gasteiger partial charge in [0.1, 0.15) is 0 Å². The van der Waals surface area contributed by atoms with Crippen LogP contribution in [0.2, 0.25) is 0 Å². The Labute approximate surface area is 244 Å². The summed E-state index contributed by atoms with van der Waals surface area (Å²) in [5, 5.41) is 3.39. The molecular weight excluding hydrogens is 512 g/mol. The lowest BCUT2D eigenvalue weighted by Crippen LogP contribution is -2.24. The van der Waals surface area contributed by atoms with Crippen molar-refractivity contribution in [1.82, 2.24) is 15.2 Å². The molecule has 0 aliphatic carbocycles. The lowest BCUT2D eigenvalue weighted by Gasteiger charge is -2.17. The van der Waals surface area contributed by atoms with Gasteiger partial charge in [0.15, 0.2) is 0 Å². The van der Waals surface area contributed by atoms with Gasteiger partial charge >= 0.3 is 0 Å². The number of hydrogen-bond acceptors (Lipinski definition) is 3. The third kappa shape index (κ3) is 8.70. The topological polar surface area (TPSA) is 28.2 Å². The molecule has 3 nitrogen and oxygen atoms in total. The Balaban J connectivity index is 0.00000462. The number of hydrogen-bond donors (Lipinski definition) is 1. The molecule has 3 aromatic rings. The van der Waals surface area contributed by atoms with Gasteiger partial charge in [-0.05, 0) is 71.9 Å². The van der Waals surface area contributed by atoms with Crippen LogP contribution in [0.4, 0.5) is 8.78 Å². The molecule has 0 atom stereocenters. The van der Waals surface area contributed by atoms with Crippen molar-refractivity contribution in [3.05, 3.63) is 144 Å². The number of likely N-dealkylation sites (tertiary alicyclic amines) is 1. The van der Waals surface area contributed by atoms with Crippen LogP contribution >= 0.6 is 0 Å². The highest BCUT2D eigenvalue weighted by molar-refractivity contribution is 5.81. The summed E-state index contributed by atoms with van der Waals surface area (Å²) in [6, 6.07) is 18.5. The Hall–Kier alpha value is -4.09. The SMILES string of the molecule is C.C=C(/C=C\C(=C/C)NC(=C)C(=C)c1cc(-c2cncc(CN3CCC(F)(F)C3)c2)ccc1C)Cc1ccccc1. The van der Waals surface area contributed by atoms with Crippen LogP contribution in [0.3, 0.4) is 0 Å². The van der Waals surface area contributed by atoms with Gasteiger partial charge < -0.3 is 5.32 Å². The van der Waals surface area contributed by atoms with Gasteiger partial charge in [-0.25, -0.2) is 8.78 Å². The van der Waals surface area contributed by atoms with E-state index in [1.165, 1.54) is 5.56 Å². The molecule has 4 rings (SSSR count). The summed E-state index contributed by atoms with van der Waals surface area (Å²) < 4.78 is 27.3. The summed E-state index contributed by atoms with van der Waals surface area (Å²) in [4.78, 5) is 6.18. The number of rotatable bonds is 11.